The van der Waals surface area contributed by atoms with Crippen LogP contribution >= 0.6 is 0 Å². The fraction of sp³-hybridized carbons (Fsp3) is 0.583. The first kappa shape index (κ1) is 16.9. The number of nitrogens with one attached hydrogen (secondary N) is 1. The Hall–Kier alpha value is -1.50. The van der Waals surface area contributed by atoms with Crippen molar-refractivity contribution in [2.75, 3.05) is 0 Å². The van der Waals surface area contributed by atoms with Gasteiger partial charge in [0, 0.05) is 11.7 Å². The molecule has 25 heavy (non-hydrogen) atoms. The molecule has 0 bridgehead atoms. The lowest BCUT2D eigenvalue weighted by Gasteiger charge is -2.42. The quantitative estimate of drug-likeness (QED) is 0.650. The van der Waals surface area contributed by atoms with Crippen LogP contribution in [0.25, 0.3) is 5.57 Å². The zero-order chi connectivity index (χ0) is 17.2. The molecule has 1 fully saturated rings. The summed E-state index contributed by atoms with van der Waals surface area (Å²) in [5.41, 5.74) is 4.63. The first-order valence-corrected chi connectivity index (χ1v) is 10.4. The maximum atomic E-state index is 4.02. The van der Waals surface area contributed by atoms with Gasteiger partial charge in [0.2, 0.25) is 0 Å². The van der Waals surface area contributed by atoms with Gasteiger partial charge in [-0.05, 0) is 79.8 Å². The highest BCUT2D eigenvalue weighted by atomic mass is 15.0. The summed E-state index contributed by atoms with van der Waals surface area (Å²) in [6, 6.07) is 11.8. The molecule has 4 rings (SSSR count). The number of allylic oxidation sites excluding steroid dienone is 4. The van der Waals surface area contributed by atoms with Crippen LogP contribution < -0.4 is 5.32 Å². The molecule has 1 heteroatoms. The van der Waals surface area contributed by atoms with Crippen LogP contribution in [-0.2, 0) is 0 Å². The van der Waals surface area contributed by atoms with E-state index in [4.69, 9.17) is 0 Å². The van der Waals surface area contributed by atoms with E-state index in [-0.39, 0.29) is 0 Å². The van der Waals surface area contributed by atoms with Gasteiger partial charge < -0.3 is 5.32 Å². The minimum atomic E-state index is 0.641. The van der Waals surface area contributed by atoms with Crippen molar-refractivity contribution in [3.05, 3.63) is 53.7 Å². The second-order valence-corrected chi connectivity index (χ2v) is 8.73. The summed E-state index contributed by atoms with van der Waals surface area (Å²) < 4.78 is 0. The molecule has 4 unspecified atom stereocenters. The van der Waals surface area contributed by atoms with E-state index >= 15 is 0 Å². The van der Waals surface area contributed by atoms with Crippen LogP contribution in [0.5, 0.6) is 0 Å². The number of benzene rings is 1. The Morgan fingerprint density at radius 1 is 1.00 bits per heavy atom. The van der Waals surface area contributed by atoms with Gasteiger partial charge in [0.15, 0.2) is 0 Å². The Kier molecular flexibility index (Phi) is 5.01. The van der Waals surface area contributed by atoms with Crippen LogP contribution in [0.4, 0.5) is 0 Å². The number of hydrogen-bond donors (Lipinski definition) is 1. The Balaban J connectivity index is 1.64. The molecule has 0 saturated heterocycles. The van der Waals surface area contributed by atoms with E-state index in [1.807, 2.05) is 0 Å². The van der Waals surface area contributed by atoms with Crippen molar-refractivity contribution < 1.29 is 0 Å². The smallest absolute Gasteiger partial charge is 0.0284 e. The molecule has 2 aliphatic carbocycles. The normalized spacial score (nSPS) is 32.4. The summed E-state index contributed by atoms with van der Waals surface area (Å²) in [6.07, 6.45) is 14.3. The van der Waals surface area contributed by atoms with Gasteiger partial charge in [-0.2, -0.15) is 0 Å². The maximum absolute atomic E-state index is 4.02. The van der Waals surface area contributed by atoms with Gasteiger partial charge >= 0.3 is 0 Å². The highest BCUT2D eigenvalue weighted by Gasteiger charge is 2.35. The van der Waals surface area contributed by atoms with Crippen molar-refractivity contribution in [1.82, 2.24) is 5.32 Å². The van der Waals surface area contributed by atoms with Crippen molar-refractivity contribution >= 4 is 5.57 Å². The van der Waals surface area contributed by atoms with Crippen LogP contribution in [0.15, 0.2) is 48.2 Å². The standard InChI is InChI=1S/C24H33N/c1-17(2)23-15-14-22(19-9-4-3-5-10-19)24(25-23)21-13-12-18-8-6-7-11-20(18)16-21/h3-5,7,9-11,17-18,20-21,23,25H,6,8,12-16H2,1-2H3. The van der Waals surface area contributed by atoms with Crippen molar-refractivity contribution in [3.63, 3.8) is 0 Å². The topological polar surface area (TPSA) is 12.0 Å². The lowest BCUT2D eigenvalue weighted by molar-refractivity contribution is 0.207. The molecule has 1 saturated carbocycles. The van der Waals surface area contributed by atoms with E-state index in [9.17, 15) is 0 Å². The molecule has 3 aliphatic rings. The predicted molar refractivity (Wildman–Crippen MR) is 107 cm³/mol. The van der Waals surface area contributed by atoms with E-state index in [0.29, 0.717) is 12.0 Å². The van der Waals surface area contributed by atoms with Gasteiger partial charge in [-0.25, -0.2) is 0 Å². The highest BCUT2D eigenvalue weighted by Crippen LogP contribution is 2.45. The van der Waals surface area contributed by atoms with E-state index in [0.717, 1.165) is 17.8 Å². The van der Waals surface area contributed by atoms with Gasteiger partial charge in [-0.1, -0.05) is 56.3 Å². The lowest BCUT2D eigenvalue weighted by Crippen LogP contribution is -2.41. The first-order chi connectivity index (χ1) is 12.2. The average molecular weight is 336 g/mol. The summed E-state index contributed by atoms with van der Waals surface area (Å²) >= 11 is 0. The molecule has 4 atom stereocenters. The molecule has 1 nitrogen and oxygen atoms in total. The van der Waals surface area contributed by atoms with E-state index < -0.39 is 0 Å². The average Bonchev–Trinajstić information content (AvgIpc) is 2.68. The molecule has 1 aromatic carbocycles. The Bertz CT molecular complexity index is 639. The lowest BCUT2D eigenvalue weighted by atomic mass is 9.68. The summed E-state index contributed by atoms with van der Waals surface area (Å²) in [4.78, 5) is 0. The zero-order valence-corrected chi connectivity index (χ0v) is 15.9. The third kappa shape index (κ3) is 3.57. The number of fused-ring (bicyclic) bond motifs is 1. The van der Waals surface area contributed by atoms with Crippen LogP contribution in [0.2, 0.25) is 0 Å². The van der Waals surface area contributed by atoms with Gasteiger partial charge in [-0.3, -0.25) is 0 Å². The van der Waals surface area contributed by atoms with Gasteiger partial charge in [0.25, 0.3) is 0 Å². The minimum absolute atomic E-state index is 0.641. The molecule has 0 aromatic heterocycles. The van der Waals surface area contributed by atoms with Crippen LogP contribution in [-0.4, -0.2) is 6.04 Å². The van der Waals surface area contributed by atoms with Crippen LogP contribution in [0.1, 0.15) is 64.4 Å². The maximum Gasteiger partial charge on any atom is 0.0284 e. The fourth-order valence-electron chi connectivity index (χ4n) is 5.30. The molecule has 1 aromatic rings. The number of rotatable bonds is 3. The van der Waals surface area contributed by atoms with Gasteiger partial charge in [0.05, 0.1) is 0 Å². The Morgan fingerprint density at radius 3 is 2.64 bits per heavy atom. The highest BCUT2D eigenvalue weighted by molar-refractivity contribution is 5.69. The van der Waals surface area contributed by atoms with E-state index in [1.165, 1.54) is 50.5 Å². The predicted octanol–water partition coefficient (Wildman–Crippen LogP) is 6.19. The van der Waals surface area contributed by atoms with Crippen molar-refractivity contribution in [3.8, 4) is 0 Å². The van der Waals surface area contributed by atoms with Gasteiger partial charge in [0.1, 0.15) is 0 Å². The fourth-order valence-corrected chi connectivity index (χ4v) is 5.30. The monoisotopic (exact) mass is 335 g/mol. The summed E-state index contributed by atoms with van der Waals surface area (Å²) in [5.74, 6) is 3.20. The molecule has 1 heterocycles. The molecule has 1 aliphatic heterocycles. The Labute approximate surface area is 153 Å². The summed E-state index contributed by atoms with van der Waals surface area (Å²) in [5, 5.41) is 4.02. The van der Waals surface area contributed by atoms with Crippen molar-refractivity contribution in [1.29, 1.82) is 0 Å². The molecule has 1 N–H and O–H groups in total. The second kappa shape index (κ2) is 7.40. The zero-order valence-electron chi connectivity index (χ0n) is 15.9. The third-order valence-corrected chi connectivity index (χ3v) is 6.84. The number of hydrogen-bond acceptors (Lipinski definition) is 1. The van der Waals surface area contributed by atoms with Crippen molar-refractivity contribution in [2.24, 2.45) is 23.7 Å². The second-order valence-electron chi connectivity index (χ2n) is 8.73. The molecule has 134 valence electrons. The van der Waals surface area contributed by atoms with E-state index in [2.05, 4.69) is 61.6 Å². The third-order valence-electron chi connectivity index (χ3n) is 6.84. The molecular weight excluding hydrogens is 302 g/mol. The van der Waals surface area contributed by atoms with Crippen LogP contribution in [0.3, 0.4) is 0 Å². The summed E-state index contributed by atoms with van der Waals surface area (Å²) in [6.45, 7) is 4.73. The van der Waals surface area contributed by atoms with E-state index in [1.54, 1.807) is 11.3 Å². The Morgan fingerprint density at radius 2 is 1.84 bits per heavy atom. The SMILES string of the molecule is CC(C)C1CCC(c2ccccc2)=C(C2CCC3CCC=CC3C2)N1. The molecular formula is C24H33N. The van der Waals surface area contributed by atoms with Gasteiger partial charge in [-0.15, -0.1) is 0 Å². The minimum Gasteiger partial charge on any atom is -0.385 e. The summed E-state index contributed by atoms with van der Waals surface area (Å²) in [7, 11) is 0. The molecule has 0 amide bonds. The largest absolute Gasteiger partial charge is 0.385 e. The molecule has 0 radical (unpaired) electrons. The van der Waals surface area contributed by atoms with Crippen molar-refractivity contribution in [2.45, 2.75) is 64.8 Å². The first-order valence-electron chi connectivity index (χ1n) is 10.4. The van der Waals surface area contributed by atoms with Crippen LogP contribution in [0, 0.1) is 23.7 Å². The molecule has 0 spiro atoms.